The number of carbonyl (C=O) groups is 2. The van der Waals surface area contributed by atoms with Crippen molar-refractivity contribution in [3.63, 3.8) is 0 Å². The van der Waals surface area contributed by atoms with Gasteiger partial charge in [0, 0.05) is 11.6 Å². The number of carboxylic acid groups (broad SMARTS) is 1. The lowest BCUT2D eigenvalue weighted by Crippen LogP contribution is -2.18. The van der Waals surface area contributed by atoms with E-state index >= 15 is 0 Å². The third kappa shape index (κ3) is 2.47. The summed E-state index contributed by atoms with van der Waals surface area (Å²) >= 11 is 0. The van der Waals surface area contributed by atoms with Crippen LogP contribution in [0.15, 0.2) is 18.2 Å². The Kier molecular flexibility index (Phi) is 3.59. The molecular formula is C13H14O6. The van der Waals surface area contributed by atoms with Crippen molar-refractivity contribution >= 4 is 11.9 Å². The molecule has 0 aromatic heterocycles. The molecular weight excluding hydrogens is 252 g/mol. The normalized spacial score (nSPS) is 21.9. The van der Waals surface area contributed by atoms with Crippen molar-refractivity contribution in [3.8, 4) is 11.5 Å². The maximum Gasteiger partial charge on any atom is 0.311 e. The minimum absolute atomic E-state index is 0.130. The molecule has 19 heavy (non-hydrogen) atoms. The van der Waals surface area contributed by atoms with Crippen LogP contribution in [-0.2, 0) is 14.3 Å². The van der Waals surface area contributed by atoms with Gasteiger partial charge in [-0.15, -0.1) is 0 Å². The van der Waals surface area contributed by atoms with E-state index in [0.717, 1.165) is 0 Å². The van der Waals surface area contributed by atoms with Crippen molar-refractivity contribution in [2.45, 2.75) is 12.5 Å². The molecule has 1 aromatic carbocycles. The highest BCUT2D eigenvalue weighted by Gasteiger charge is 2.42. The lowest BCUT2D eigenvalue weighted by molar-refractivity contribution is -0.144. The average molecular weight is 266 g/mol. The van der Waals surface area contributed by atoms with Crippen molar-refractivity contribution in [1.82, 2.24) is 0 Å². The summed E-state index contributed by atoms with van der Waals surface area (Å²) < 4.78 is 15.4. The molecule has 1 saturated heterocycles. The first-order chi connectivity index (χ1) is 9.06. The second-order valence-corrected chi connectivity index (χ2v) is 4.17. The molecule has 2 rings (SSSR count). The quantitative estimate of drug-likeness (QED) is 0.829. The number of benzene rings is 1. The van der Waals surface area contributed by atoms with Gasteiger partial charge in [0.15, 0.2) is 0 Å². The molecule has 6 heteroatoms. The highest BCUT2D eigenvalue weighted by molar-refractivity contribution is 5.83. The molecule has 102 valence electrons. The van der Waals surface area contributed by atoms with Gasteiger partial charge >= 0.3 is 11.9 Å². The first-order valence-corrected chi connectivity index (χ1v) is 5.71. The molecule has 0 spiro atoms. The summed E-state index contributed by atoms with van der Waals surface area (Å²) in [5.41, 5.74) is 0.529. The minimum atomic E-state index is -1.06. The van der Waals surface area contributed by atoms with Crippen molar-refractivity contribution in [3.05, 3.63) is 23.8 Å². The van der Waals surface area contributed by atoms with Gasteiger partial charge in [-0.2, -0.15) is 0 Å². The van der Waals surface area contributed by atoms with Gasteiger partial charge in [0.25, 0.3) is 0 Å². The lowest BCUT2D eigenvalue weighted by Gasteiger charge is -2.18. The van der Waals surface area contributed by atoms with Crippen LogP contribution in [0.3, 0.4) is 0 Å². The van der Waals surface area contributed by atoms with Crippen LogP contribution in [0.5, 0.6) is 11.5 Å². The predicted octanol–water partition coefficient (Wildman–Crippen LogP) is 1.39. The van der Waals surface area contributed by atoms with Crippen LogP contribution in [0.1, 0.15) is 18.1 Å². The number of carbonyl (C=O) groups excluding carboxylic acids is 1. The zero-order valence-electron chi connectivity index (χ0n) is 10.6. The lowest BCUT2D eigenvalue weighted by atomic mass is 9.94. The van der Waals surface area contributed by atoms with Crippen molar-refractivity contribution < 1.29 is 28.9 Å². The molecule has 0 saturated carbocycles. The molecule has 2 atom stereocenters. The Morgan fingerprint density at radius 3 is 2.68 bits per heavy atom. The summed E-state index contributed by atoms with van der Waals surface area (Å²) in [7, 11) is 2.98. The summed E-state index contributed by atoms with van der Waals surface area (Å²) in [6.45, 7) is 0. The van der Waals surface area contributed by atoms with E-state index in [0.29, 0.717) is 17.1 Å². The number of aliphatic carboxylic acids is 1. The minimum Gasteiger partial charge on any atom is -0.497 e. The van der Waals surface area contributed by atoms with Crippen molar-refractivity contribution in [2.24, 2.45) is 5.92 Å². The monoisotopic (exact) mass is 266 g/mol. The van der Waals surface area contributed by atoms with E-state index in [4.69, 9.17) is 19.3 Å². The molecule has 1 aliphatic rings. The van der Waals surface area contributed by atoms with Gasteiger partial charge in [-0.05, 0) is 12.1 Å². The fourth-order valence-corrected chi connectivity index (χ4v) is 2.11. The van der Waals surface area contributed by atoms with Gasteiger partial charge in [0.1, 0.15) is 23.5 Å². The third-order valence-corrected chi connectivity index (χ3v) is 3.07. The summed E-state index contributed by atoms with van der Waals surface area (Å²) in [6, 6.07) is 4.94. The number of rotatable bonds is 4. The number of cyclic esters (lactones) is 1. The molecule has 1 heterocycles. The number of carboxylic acids is 1. The Balaban J connectivity index is 2.40. The number of hydrogen-bond donors (Lipinski definition) is 1. The first-order valence-electron chi connectivity index (χ1n) is 5.71. The van der Waals surface area contributed by atoms with Crippen LogP contribution < -0.4 is 9.47 Å². The fourth-order valence-electron chi connectivity index (χ4n) is 2.11. The SMILES string of the molecule is COc1ccc(C2OC(=O)CC2C(=O)O)c(OC)c1. The molecule has 6 nitrogen and oxygen atoms in total. The van der Waals surface area contributed by atoms with E-state index in [2.05, 4.69) is 0 Å². The highest BCUT2D eigenvalue weighted by atomic mass is 16.6. The second kappa shape index (κ2) is 5.17. The molecule has 1 aliphatic heterocycles. The Morgan fingerprint density at radius 2 is 2.11 bits per heavy atom. The van der Waals surface area contributed by atoms with Crippen LogP contribution in [0.2, 0.25) is 0 Å². The average Bonchev–Trinajstić information content (AvgIpc) is 2.80. The molecule has 1 fully saturated rings. The molecule has 1 aromatic rings. The zero-order chi connectivity index (χ0) is 14.0. The maximum atomic E-state index is 11.3. The molecule has 2 unspecified atom stereocenters. The van der Waals surface area contributed by atoms with Gasteiger partial charge in [0.2, 0.25) is 0 Å². The Labute approximate surface area is 109 Å². The predicted molar refractivity (Wildman–Crippen MR) is 64.1 cm³/mol. The van der Waals surface area contributed by atoms with Crippen LogP contribution in [0.4, 0.5) is 0 Å². The van der Waals surface area contributed by atoms with E-state index in [1.807, 2.05) is 0 Å². The largest absolute Gasteiger partial charge is 0.497 e. The van der Waals surface area contributed by atoms with E-state index in [1.165, 1.54) is 14.2 Å². The van der Waals surface area contributed by atoms with Gasteiger partial charge in [0.05, 0.1) is 20.6 Å². The summed E-state index contributed by atoms with van der Waals surface area (Å²) in [5, 5.41) is 9.13. The Morgan fingerprint density at radius 1 is 1.37 bits per heavy atom. The molecule has 0 bridgehead atoms. The van der Waals surface area contributed by atoms with Crippen molar-refractivity contribution in [1.29, 1.82) is 0 Å². The van der Waals surface area contributed by atoms with Crippen LogP contribution in [-0.4, -0.2) is 31.3 Å². The van der Waals surface area contributed by atoms with E-state index < -0.39 is 24.0 Å². The van der Waals surface area contributed by atoms with Gasteiger partial charge < -0.3 is 19.3 Å². The van der Waals surface area contributed by atoms with E-state index in [1.54, 1.807) is 18.2 Å². The van der Waals surface area contributed by atoms with Crippen LogP contribution in [0.25, 0.3) is 0 Å². The third-order valence-electron chi connectivity index (χ3n) is 3.07. The first kappa shape index (κ1) is 13.2. The maximum absolute atomic E-state index is 11.3. The van der Waals surface area contributed by atoms with Gasteiger partial charge in [-0.3, -0.25) is 9.59 Å². The number of methoxy groups -OCH3 is 2. The van der Waals surface area contributed by atoms with Gasteiger partial charge in [-0.1, -0.05) is 0 Å². The van der Waals surface area contributed by atoms with Crippen molar-refractivity contribution in [2.75, 3.05) is 14.2 Å². The summed E-state index contributed by atoms with van der Waals surface area (Å²) in [6.07, 6.45) is -0.958. The number of hydrogen-bond acceptors (Lipinski definition) is 5. The number of esters is 1. The molecule has 0 radical (unpaired) electrons. The summed E-state index contributed by atoms with van der Waals surface area (Å²) in [5.74, 6) is -1.46. The standard InChI is InChI=1S/C13H14O6/c1-17-7-3-4-8(10(5-7)18-2)12-9(13(15)16)6-11(14)19-12/h3-5,9,12H,6H2,1-2H3,(H,15,16). The molecule has 0 aliphatic carbocycles. The number of ether oxygens (including phenoxy) is 3. The summed E-state index contributed by atoms with van der Waals surface area (Å²) in [4.78, 5) is 22.5. The highest BCUT2D eigenvalue weighted by Crippen LogP contribution is 2.40. The van der Waals surface area contributed by atoms with E-state index in [9.17, 15) is 9.59 Å². The second-order valence-electron chi connectivity index (χ2n) is 4.17. The van der Waals surface area contributed by atoms with Crippen LogP contribution >= 0.6 is 0 Å². The zero-order valence-corrected chi connectivity index (χ0v) is 10.6. The Hall–Kier alpha value is -2.24. The topological polar surface area (TPSA) is 82.1 Å². The molecule has 0 amide bonds. The Bertz CT molecular complexity index is 510. The van der Waals surface area contributed by atoms with Crippen LogP contribution in [0, 0.1) is 5.92 Å². The van der Waals surface area contributed by atoms with E-state index in [-0.39, 0.29) is 6.42 Å². The molecule has 1 N–H and O–H groups in total. The smallest absolute Gasteiger partial charge is 0.311 e. The fraction of sp³-hybridized carbons (Fsp3) is 0.385. The van der Waals surface area contributed by atoms with Gasteiger partial charge in [-0.25, -0.2) is 0 Å².